The molecule has 0 aliphatic carbocycles. The molecule has 1 atom stereocenters. The van der Waals surface area contributed by atoms with Crippen LogP contribution in [0.25, 0.3) is 0 Å². The van der Waals surface area contributed by atoms with Gasteiger partial charge in [-0.3, -0.25) is 4.79 Å². The minimum absolute atomic E-state index is 0.636. The average Bonchev–Trinajstić information content (AvgIpc) is 2.49. The van der Waals surface area contributed by atoms with Crippen LogP contribution in [0.2, 0.25) is 0 Å². The number of hydrogen-bond acceptors (Lipinski definition) is 3. The van der Waals surface area contributed by atoms with Crippen molar-refractivity contribution in [3.8, 4) is 5.75 Å². The highest BCUT2D eigenvalue weighted by Crippen LogP contribution is 2.18. The van der Waals surface area contributed by atoms with Gasteiger partial charge in [0.25, 0.3) is 0 Å². The quantitative estimate of drug-likeness (QED) is 0.563. The molecule has 0 unspecified atom stereocenters. The number of unbranched alkanes of at least 4 members (excludes halogenated alkanes) is 1. The topological polar surface area (TPSA) is 29.5 Å². The van der Waals surface area contributed by atoms with Gasteiger partial charge in [0.1, 0.15) is 5.75 Å². The maximum absolute atomic E-state index is 10.9. The van der Waals surface area contributed by atoms with E-state index in [0.29, 0.717) is 17.9 Å². The smallest absolute Gasteiger partial charge is 0.153 e. The largest absolute Gasteiger partial charge is 0.493 e. The lowest BCUT2D eigenvalue weighted by molar-refractivity contribution is 0.111. The highest BCUT2D eigenvalue weighted by atomic mass is 16.5. The lowest BCUT2D eigenvalue weighted by Gasteiger charge is -2.33. The van der Waals surface area contributed by atoms with Crippen LogP contribution in [0.1, 0.15) is 49.4 Å². The molecule has 1 aromatic carbocycles. The third kappa shape index (κ3) is 4.34. The number of carbonyl (C=O) groups excluding carboxylic acids is 1. The molecule has 110 valence electrons. The molecular weight excluding hydrogens is 250 g/mol. The number of hydrogen-bond donors (Lipinski definition) is 0. The number of ether oxygens (including phenoxy) is 1. The molecule has 1 aliphatic heterocycles. The normalized spacial score (nSPS) is 19.8. The Labute approximate surface area is 121 Å². The summed E-state index contributed by atoms with van der Waals surface area (Å²) >= 11 is 0. The lowest BCUT2D eigenvalue weighted by atomic mass is 10.0. The van der Waals surface area contributed by atoms with Crippen molar-refractivity contribution >= 4 is 6.29 Å². The second-order valence-corrected chi connectivity index (χ2v) is 5.59. The molecule has 0 aromatic heterocycles. The van der Waals surface area contributed by atoms with E-state index >= 15 is 0 Å². The highest BCUT2D eigenvalue weighted by molar-refractivity contribution is 5.79. The van der Waals surface area contributed by atoms with Gasteiger partial charge >= 0.3 is 0 Å². The summed E-state index contributed by atoms with van der Waals surface area (Å²) < 4.78 is 5.69. The van der Waals surface area contributed by atoms with E-state index < -0.39 is 0 Å². The maximum atomic E-state index is 10.9. The fourth-order valence-corrected chi connectivity index (χ4v) is 2.80. The molecule has 0 amide bonds. The number of carbonyl (C=O) groups is 1. The molecule has 1 fully saturated rings. The van der Waals surface area contributed by atoms with Crippen LogP contribution >= 0.6 is 0 Å². The van der Waals surface area contributed by atoms with Gasteiger partial charge in [0.05, 0.1) is 12.2 Å². The van der Waals surface area contributed by atoms with Gasteiger partial charge in [-0.15, -0.1) is 0 Å². The van der Waals surface area contributed by atoms with Crippen molar-refractivity contribution in [1.82, 2.24) is 4.90 Å². The molecule has 0 bridgehead atoms. The Bertz CT molecular complexity index is 419. The standard InChI is InChI=1S/C17H25NO2/c1-15-8-4-5-11-18(15)12-6-7-13-20-17-10-3-2-9-16(17)14-19/h2-3,9-10,14-15H,4-8,11-13H2,1H3/t15-/m0/s1. The summed E-state index contributed by atoms with van der Waals surface area (Å²) in [7, 11) is 0. The summed E-state index contributed by atoms with van der Waals surface area (Å²) in [4.78, 5) is 13.5. The van der Waals surface area contributed by atoms with Gasteiger partial charge in [0.2, 0.25) is 0 Å². The summed E-state index contributed by atoms with van der Waals surface area (Å²) in [6, 6.07) is 8.14. The summed E-state index contributed by atoms with van der Waals surface area (Å²) in [5, 5.41) is 0. The summed E-state index contributed by atoms with van der Waals surface area (Å²) in [6.45, 7) is 5.43. The molecule has 0 spiro atoms. The average molecular weight is 275 g/mol. The van der Waals surface area contributed by atoms with Crippen LogP contribution in [0.5, 0.6) is 5.75 Å². The molecule has 1 aromatic rings. The van der Waals surface area contributed by atoms with Crippen LogP contribution in [-0.2, 0) is 0 Å². The summed E-state index contributed by atoms with van der Waals surface area (Å²) in [5.41, 5.74) is 0.636. The Morgan fingerprint density at radius 3 is 2.95 bits per heavy atom. The molecule has 2 rings (SSSR count). The molecule has 1 heterocycles. The predicted molar refractivity (Wildman–Crippen MR) is 81.4 cm³/mol. The van der Waals surface area contributed by atoms with Crippen LogP contribution in [0.3, 0.4) is 0 Å². The van der Waals surface area contributed by atoms with E-state index in [2.05, 4.69) is 11.8 Å². The van der Waals surface area contributed by atoms with Gasteiger partial charge in [-0.1, -0.05) is 18.6 Å². The molecule has 1 saturated heterocycles. The molecular formula is C17H25NO2. The first-order chi connectivity index (χ1) is 9.81. The molecule has 20 heavy (non-hydrogen) atoms. The Hall–Kier alpha value is -1.35. The van der Waals surface area contributed by atoms with Crippen molar-refractivity contribution in [3.05, 3.63) is 29.8 Å². The third-order valence-corrected chi connectivity index (χ3v) is 4.08. The third-order valence-electron chi connectivity index (χ3n) is 4.08. The minimum atomic E-state index is 0.636. The van der Waals surface area contributed by atoms with Crippen molar-refractivity contribution in [1.29, 1.82) is 0 Å². The molecule has 1 aliphatic rings. The van der Waals surface area contributed by atoms with Crippen molar-refractivity contribution in [2.45, 2.75) is 45.1 Å². The van der Waals surface area contributed by atoms with Gasteiger partial charge in [0, 0.05) is 6.04 Å². The SMILES string of the molecule is C[C@H]1CCCCN1CCCCOc1ccccc1C=O. The first kappa shape index (κ1) is 15.0. The van der Waals surface area contributed by atoms with E-state index in [0.717, 1.165) is 25.2 Å². The number of para-hydroxylation sites is 1. The van der Waals surface area contributed by atoms with Crippen LogP contribution in [0, 0.1) is 0 Å². The summed E-state index contributed by atoms with van der Waals surface area (Å²) in [6.07, 6.45) is 7.11. The van der Waals surface area contributed by atoms with Crippen LogP contribution in [0.15, 0.2) is 24.3 Å². The maximum Gasteiger partial charge on any atom is 0.153 e. The van der Waals surface area contributed by atoms with Crippen molar-refractivity contribution < 1.29 is 9.53 Å². The monoisotopic (exact) mass is 275 g/mol. The van der Waals surface area contributed by atoms with Crippen LogP contribution in [-0.4, -0.2) is 36.9 Å². The first-order valence-electron chi connectivity index (χ1n) is 7.72. The van der Waals surface area contributed by atoms with Gasteiger partial charge in [0.15, 0.2) is 6.29 Å². The van der Waals surface area contributed by atoms with E-state index in [1.165, 1.54) is 32.4 Å². The van der Waals surface area contributed by atoms with Crippen LogP contribution < -0.4 is 4.74 Å². The number of aldehydes is 1. The number of piperidine rings is 1. The summed E-state index contributed by atoms with van der Waals surface area (Å²) in [5.74, 6) is 0.703. The fourth-order valence-electron chi connectivity index (χ4n) is 2.80. The van der Waals surface area contributed by atoms with Crippen molar-refractivity contribution in [2.24, 2.45) is 0 Å². The van der Waals surface area contributed by atoms with E-state index in [1.807, 2.05) is 18.2 Å². The van der Waals surface area contributed by atoms with Gasteiger partial charge < -0.3 is 9.64 Å². The van der Waals surface area contributed by atoms with Gasteiger partial charge in [-0.25, -0.2) is 0 Å². The minimum Gasteiger partial charge on any atom is -0.493 e. The Morgan fingerprint density at radius 2 is 2.15 bits per heavy atom. The van der Waals surface area contributed by atoms with Crippen LogP contribution in [0.4, 0.5) is 0 Å². The Kier molecular flexibility index (Phi) is 6.06. The Morgan fingerprint density at radius 1 is 1.30 bits per heavy atom. The zero-order valence-electron chi connectivity index (χ0n) is 12.4. The molecule has 0 N–H and O–H groups in total. The zero-order chi connectivity index (χ0) is 14.2. The second-order valence-electron chi connectivity index (χ2n) is 5.59. The highest BCUT2D eigenvalue weighted by Gasteiger charge is 2.16. The molecule has 3 heteroatoms. The second kappa shape index (κ2) is 8.05. The number of rotatable bonds is 7. The lowest BCUT2D eigenvalue weighted by Crippen LogP contribution is -2.38. The number of benzene rings is 1. The molecule has 3 nitrogen and oxygen atoms in total. The van der Waals surface area contributed by atoms with E-state index in [4.69, 9.17) is 4.74 Å². The number of nitrogens with zero attached hydrogens (tertiary/aromatic N) is 1. The van der Waals surface area contributed by atoms with E-state index in [9.17, 15) is 4.79 Å². The predicted octanol–water partition coefficient (Wildman–Crippen LogP) is 3.53. The van der Waals surface area contributed by atoms with Crippen molar-refractivity contribution in [3.63, 3.8) is 0 Å². The fraction of sp³-hybridized carbons (Fsp3) is 0.588. The molecule has 0 radical (unpaired) electrons. The zero-order valence-corrected chi connectivity index (χ0v) is 12.4. The van der Waals surface area contributed by atoms with Gasteiger partial charge in [-0.05, 0) is 57.8 Å². The first-order valence-corrected chi connectivity index (χ1v) is 7.72. The molecule has 0 saturated carbocycles. The number of likely N-dealkylation sites (tertiary alicyclic amines) is 1. The van der Waals surface area contributed by atoms with Gasteiger partial charge in [-0.2, -0.15) is 0 Å². The Balaban J connectivity index is 1.65. The van der Waals surface area contributed by atoms with E-state index in [-0.39, 0.29) is 0 Å². The van der Waals surface area contributed by atoms with E-state index in [1.54, 1.807) is 6.07 Å². The van der Waals surface area contributed by atoms with Crippen molar-refractivity contribution in [2.75, 3.05) is 19.7 Å².